The second-order valence-corrected chi connectivity index (χ2v) is 6.00. The zero-order valence-corrected chi connectivity index (χ0v) is 9.10. The summed E-state index contributed by atoms with van der Waals surface area (Å²) in [6.07, 6.45) is 2.12. The van der Waals surface area contributed by atoms with E-state index in [9.17, 15) is 8.42 Å². The summed E-state index contributed by atoms with van der Waals surface area (Å²) >= 11 is 0. The van der Waals surface area contributed by atoms with E-state index in [2.05, 4.69) is 5.32 Å². The van der Waals surface area contributed by atoms with Crippen LogP contribution in [0.5, 0.6) is 0 Å². The summed E-state index contributed by atoms with van der Waals surface area (Å²) in [5.41, 5.74) is 0. The molecule has 0 unspecified atom stereocenters. The van der Waals surface area contributed by atoms with E-state index in [0.717, 1.165) is 25.9 Å². The number of nitrogens with one attached hydrogen (secondary N) is 1. The molecule has 1 aliphatic heterocycles. The van der Waals surface area contributed by atoms with Crippen molar-refractivity contribution in [2.24, 2.45) is 5.92 Å². The monoisotopic (exact) mass is 206 g/mol. The average molecular weight is 206 g/mol. The number of hydrogen-bond acceptors (Lipinski definition) is 3. The molecule has 0 aliphatic carbocycles. The fourth-order valence-corrected chi connectivity index (χ4v) is 2.69. The normalized spacial score (nSPS) is 25.0. The van der Waals surface area contributed by atoms with E-state index in [-0.39, 0.29) is 5.75 Å². The van der Waals surface area contributed by atoms with E-state index in [1.54, 1.807) is 14.1 Å². The van der Waals surface area contributed by atoms with Crippen molar-refractivity contribution in [1.82, 2.24) is 9.62 Å². The first-order valence-electron chi connectivity index (χ1n) is 4.63. The molecule has 0 aromatic carbocycles. The van der Waals surface area contributed by atoms with Gasteiger partial charge < -0.3 is 5.32 Å². The molecule has 78 valence electrons. The van der Waals surface area contributed by atoms with E-state index in [1.807, 2.05) is 0 Å². The maximum Gasteiger partial charge on any atom is 0.213 e. The standard InChI is InChI=1S/C8H18N2O2S/c1-10(2)13(11,12)7-8-4-3-5-9-6-8/h8-9H,3-7H2,1-2H3/t8-/m0/s1. The number of nitrogens with zero attached hydrogens (tertiary/aromatic N) is 1. The quantitative estimate of drug-likeness (QED) is 0.700. The average Bonchev–Trinajstić information content (AvgIpc) is 2.05. The number of hydrogen-bond donors (Lipinski definition) is 1. The highest BCUT2D eigenvalue weighted by molar-refractivity contribution is 7.89. The lowest BCUT2D eigenvalue weighted by atomic mass is 10.0. The number of piperidine rings is 1. The Kier molecular flexibility index (Phi) is 3.70. The molecule has 0 radical (unpaired) electrons. The van der Waals surface area contributed by atoms with Gasteiger partial charge in [-0.25, -0.2) is 12.7 Å². The topological polar surface area (TPSA) is 49.4 Å². The lowest BCUT2D eigenvalue weighted by molar-refractivity contribution is 0.397. The lowest BCUT2D eigenvalue weighted by Gasteiger charge is -2.23. The number of sulfonamides is 1. The third-order valence-electron chi connectivity index (χ3n) is 2.40. The molecule has 1 aliphatic rings. The van der Waals surface area contributed by atoms with Crippen molar-refractivity contribution < 1.29 is 8.42 Å². The molecule has 4 nitrogen and oxygen atoms in total. The predicted molar refractivity (Wildman–Crippen MR) is 53.1 cm³/mol. The van der Waals surface area contributed by atoms with Gasteiger partial charge in [0.2, 0.25) is 10.0 Å². The molecule has 1 saturated heterocycles. The highest BCUT2D eigenvalue weighted by Gasteiger charge is 2.22. The molecule has 1 N–H and O–H groups in total. The Bertz CT molecular complexity index is 243. The van der Waals surface area contributed by atoms with Crippen molar-refractivity contribution in [3.63, 3.8) is 0 Å². The SMILES string of the molecule is CN(C)S(=O)(=O)C[C@H]1CCCNC1. The largest absolute Gasteiger partial charge is 0.316 e. The van der Waals surface area contributed by atoms with Crippen molar-refractivity contribution in [3.8, 4) is 0 Å². The van der Waals surface area contributed by atoms with E-state index in [4.69, 9.17) is 0 Å². The molecule has 1 atom stereocenters. The molecule has 0 bridgehead atoms. The van der Waals surface area contributed by atoms with Gasteiger partial charge in [0.15, 0.2) is 0 Å². The number of rotatable bonds is 3. The van der Waals surface area contributed by atoms with Crippen LogP contribution in [0.15, 0.2) is 0 Å². The first-order chi connectivity index (χ1) is 6.02. The Morgan fingerprint density at radius 3 is 2.62 bits per heavy atom. The van der Waals surface area contributed by atoms with Crippen LogP contribution in [-0.4, -0.2) is 45.7 Å². The van der Waals surface area contributed by atoms with Crippen LogP contribution in [0, 0.1) is 5.92 Å². The molecule has 0 aromatic heterocycles. The summed E-state index contributed by atoms with van der Waals surface area (Å²) in [6.45, 7) is 1.87. The predicted octanol–water partition coefficient (Wildman–Crippen LogP) is -0.123. The van der Waals surface area contributed by atoms with Crippen molar-refractivity contribution in [1.29, 1.82) is 0 Å². The molecule has 13 heavy (non-hydrogen) atoms. The van der Waals surface area contributed by atoms with E-state index < -0.39 is 10.0 Å². The minimum Gasteiger partial charge on any atom is -0.316 e. The first-order valence-corrected chi connectivity index (χ1v) is 6.24. The van der Waals surface area contributed by atoms with Crippen molar-refractivity contribution >= 4 is 10.0 Å². The van der Waals surface area contributed by atoms with Crippen molar-refractivity contribution in [2.75, 3.05) is 32.9 Å². The van der Waals surface area contributed by atoms with Gasteiger partial charge in [-0.2, -0.15) is 0 Å². The zero-order chi connectivity index (χ0) is 9.90. The third kappa shape index (κ3) is 3.25. The van der Waals surface area contributed by atoms with Crippen LogP contribution >= 0.6 is 0 Å². The molecular weight excluding hydrogens is 188 g/mol. The second kappa shape index (κ2) is 4.39. The highest BCUT2D eigenvalue weighted by atomic mass is 32.2. The van der Waals surface area contributed by atoms with Gasteiger partial charge in [-0.1, -0.05) is 0 Å². The molecule has 0 saturated carbocycles. The molecule has 1 fully saturated rings. The molecular formula is C8H18N2O2S. The Hall–Kier alpha value is -0.130. The summed E-state index contributed by atoms with van der Waals surface area (Å²) in [7, 11) is 0.173. The van der Waals surface area contributed by atoms with Gasteiger partial charge in [0.1, 0.15) is 0 Å². The molecule has 0 amide bonds. The lowest BCUT2D eigenvalue weighted by Crippen LogP contribution is -2.37. The minimum absolute atomic E-state index is 0.285. The van der Waals surface area contributed by atoms with Crippen LogP contribution in [0.4, 0.5) is 0 Å². The summed E-state index contributed by atoms with van der Waals surface area (Å²) in [4.78, 5) is 0. The Balaban J connectivity index is 2.47. The Morgan fingerprint density at radius 2 is 2.15 bits per heavy atom. The molecule has 5 heteroatoms. The fourth-order valence-electron chi connectivity index (χ4n) is 1.51. The van der Waals surface area contributed by atoms with Gasteiger partial charge in [0.25, 0.3) is 0 Å². The van der Waals surface area contributed by atoms with Crippen LogP contribution < -0.4 is 5.32 Å². The summed E-state index contributed by atoms with van der Waals surface area (Å²) < 4.78 is 24.3. The third-order valence-corrected chi connectivity index (χ3v) is 4.41. The molecule has 1 heterocycles. The van der Waals surface area contributed by atoms with E-state index in [0.29, 0.717) is 5.92 Å². The Labute approximate surface area is 80.4 Å². The minimum atomic E-state index is -3.00. The van der Waals surface area contributed by atoms with Crippen LogP contribution in [0.1, 0.15) is 12.8 Å². The van der Waals surface area contributed by atoms with Gasteiger partial charge in [-0.3, -0.25) is 0 Å². The van der Waals surface area contributed by atoms with Gasteiger partial charge in [-0.05, 0) is 31.8 Å². The molecule has 0 spiro atoms. The van der Waals surface area contributed by atoms with E-state index >= 15 is 0 Å². The van der Waals surface area contributed by atoms with Gasteiger partial charge in [-0.15, -0.1) is 0 Å². The first kappa shape index (κ1) is 10.9. The summed E-state index contributed by atoms with van der Waals surface area (Å²) in [6, 6.07) is 0. The Morgan fingerprint density at radius 1 is 1.46 bits per heavy atom. The van der Waals surface area contributed by atoms with E-state index in [1.165, 1.54) is 4.31 Å². The van der Waals surface area contributed by atoms with Crippen molar-refractivity contribution in [2.45, 2.75) is 12.8 Å². The van der Waals surface area contributed by atoms with Gasteiger partial charge in [0.05, 0.1) is 5.75 Å². The van der Waals surface area contributed by atoms with Crippen LogP contribution in [0.2, 0.25) is 0 Å². The smallest absolute Gasteiger partial charge is 0.213 e. The maximum atomic E-state index is 11.5. The van der Waals surface area contributed by atoms with Crippen LogP contribution in [0.25, 0.3) is 0 Å². The molecule has 1 rings (SSSR count). The maximum absolute atomic E-state index is 11.5. The molecule has 0 aromatic rings. The fraction of sp³-hybridized carbons (Fsp3) is 1.00. The van der Waals surface area contributed by atoms with Gasteiger partial charge in [0, 0.05) is 14.1 Å². The highest BCUT2D eigenvalue weighted by Crippen LogP contribution is 2.13. The van der Waals surface area contributed by atoms with Gasteiger partial charge >= 0.3 is 0 Å². The second-order valence-electron chi connectivity index (χ2n) is 3.77. The van der Waals surface area contributed by atoms with Crippen LogP contribution in [-0.2, 0) is 10.0 Å². The van der Waals surface area contributed by atoms with Crippen LogP contribution in [0.3, 0.4) is 0 Å². The summed E-state index contributed by atoms with van der Waals surface area (Å²) in [5, 5.41) is 3.21. The zero-order valence-electron chi connectivity index (χ0n) is 8.28. The summed E-state index contributed by atoms with van der Waals surface area (Å²) in [5.74, 6) is 0.577. The van der Waals surface area contributed by atoms with Crippen molar-refractivity contribution in [3.05, 3.63) is 0 Å².